The van der Waals surface area contributed by atoms with Gasteiger partial charge in [-0.3, -0.25) is 0 Å². The van der Waals surface area contributed by atoms with E-state index in [-0.39, 0.29) is 16.2 Å². The van der Waals surface area contributed by atoms with E-state index in [9.17, 15) is 0 Å². The van der Waals surface area contributed by atoms with Crippen molar-refractivity contribution in [1.82, 2.24) is 0 Å². The van der Waals surface area contributed by atoms with Gasteiger partial charge in [-0.25, -0.2) is 4.57 Å². The van der Waals surface area contributed by atoms with Crippen molar-refractivity contribution in [1.29, 1.82) is 0 Å². The van der Waals surface area contributed by atoms with Crippen molar-refractivity contribution in [3.63, 3.8) is 0 Å². The molecule has 0 spiro atoms. The monoisotopic (exact) mass is 366 g/mol. The zero-order valence-electron chi connectivity index (χ0n) is 19.5. The molecule has 0 aliphatic rings. The van der Waals surface area contributed by atoms with Crippen molar-refractivity contribution in [2.24, 2.45) is 12.5 Å². The molecular weight excluding hydrogens is 326 g/mol. The zero-order valence-corrected chi connectivity index (χ0v) is 19.5. The lowest BCUT2D eigenvalue weighted by atomic mass is 9.78. The highest BCUT2D eigenvalue weighted by Crippen LogP contribution is 2.34. The molecule has 148 valence electrons. The Balaban J connectivity index is 2.74. The molecule has 1 aromatic carbocycles. The molecule has 2 aromatic rings. The normalized spacial score (nSPS) is 13.1. The minimum atomic E-state index is 0.138. The average Bonchev–Trinajstić information content (AvgIpc) is 2.45. The van der Waals surface area contributed by atoms with E-state index in [4.69, 9.17) is 0 Å². The van der Waals surface area contributed by atoms with Crippen LogP contribution in [0.4, 0.5) is 0 Å². The maximum Gasteiger partial charge on any atom is 0.212 e. The van der Waals surface area contributed by atoms with Crippen LogP contribution in [-0.2, 0) is 24.3 Å². The van der Waals surface area contributed by atoms with Gasteiger partial charge in [0.1, 0.15) is 7.05 Å². The second kappa shape index (κ2) is 7.08. The molecule has 1 aromatic heterocycles. The van der Waals surface area contributed by atoms with Crippen molar-refractivity contribution in [2.45, 2.75) is 86.5 Å². The molecule has 1 heterocycles. The molecule has 27 heavy (non-hydrogen) atoms. The number of benzene rings is 1. The number of hydrogen-bond acceptors (Lipinski definition) is 0. The minimum Gasteiger partial charge on any atom is -0.201 e. The lowest BCUT2D eigenvalue weighted by Gasteiger charge is -2.26. The van der Waals surface area contributed by atoms with Crippen LogP contribution in [0.3, 0.4) is 0 Å². The highest BCUT2D eigenvalue weighted by atomic mass is 14.9. The molecular formula is C26H40N+. The molecule has 0 bridgehead atoms. The summed E-state index contributed by atoms with van der Waals surface area (Å²) in [5.74, 6) is 0. The molecule has 0 amide bonds. The fourth-order valence-corrected chi connectivity index (χ4v) is 3.72. The van der Waals surface area contributed by atoms with Gasteiger partial charge in [0.05, 0.1) is 0 Å². The predicted octanol–water partition coefficient (Wildman–Crippen LogP) is 6.67. The molecule has 0 aliphatic heterocycles. The number of aromatic nitrogens is 1. The van der Waals surface area contributed by atoms with E-state index in [2.05, 4.69) is 111 Å². The van der Waals surface area contributed by atoms with Crippen molar-refractivity contribution >= 4 is 0 Å². The quantitative estimate of drug-likeness (QED) is 0.523. The Bertz CT molecular complexity index is 821. The van der Waals surface area contributed by atoms with Gasteiger partial charge in [0.15, 0.2) is 6.20 Å². The van der Waals surface area contributed by atoms with Crippen LogP contribution in [0, 0.1) is 12.3 Å². The minimum absolute atomic E-state index is 0.138. The Morgan fingerprint density at radius 2 is 1.41 bits per heavy atom. The molecule has 0 N–H and O–H groups in total. The van der Waals surface area contributed by atoms with Crippen LogP contribution in [0.15, 0.2) is 30.5 Å². The van der Waals surface area contributed by atoms with E-state index in [0.717, 1.165) is 6.42 Å². The molecule has 1 nitrogen and oxygen atoms in total. The first-order chi connectivity index (χ1) is 12.1. The molecule has 2 rings (SSSR count). The first kappa shape index (κ1) is 21.7. The van der Waals surface area contributed by atoms with Gasteiger partial charge in [-0.2, -0.15) is 0 Å². The molecule has 0 unspecified atom stereocenters. The second-order valence-electron chi connectivity index (χ2n) is 11.5. The Morgan fingerprint density at radius 1 is 0.815 bits per heavy atom. The highest BCUT2D eigenvalue weighted by Gasteiger charge is 2.27. The lowest BCUT2D eigenvalue weighted by molar-refractivity contribution is -0.661. The van der Waals surface area contributed by atoms with Crippen molar-refractivity contribution in [3.05, 3.63) is 52.7 Å². The van der Waals surface area contributed by atoms with E-state index in [1.54, 1.807) is 0 Å². The summed E-state index contributed by atoms with van der Waals surface area (Å²) in [7, 11) is 2.19. The lowest BCUT2D eigenvalue weighted by Crippen LogP contribution is -2.35. The molecule has 1 heteroatoms. The van der Waals surface area contributed by atoms with E-state index in [1.165, 1.54) is 33.5 Å². The SMILES string of the molecule is Cc1ccc(C(C)(C)C)cc1-c1cc(CC(C)(C)C)c(C(C)(C)C)c[n+]1C. The van der Waals surface area contributed by atoms with E-state index in [0.29, 0.717) is 0 Å². The third-order valence-corrected chi connectivity index (χ3v) is 5.27. The van der Waals surface area contributed by atoms with Crippen LogP contribution in [0.25, 0.3) is 11.3 Å². The average molecular weight is 367 g/mol. The maximum absolute atomic E-state index is 2.45. The third kappa shape index (κ3) is 5.21. The number of rotatable bonds is 2. The largest absolute Gasteiger partial charge is 0.212 e. The standard InChI is InChI=1S/C26H40N/c1-18-12-13-20(25(5,6)7)15-21(18)23-14-19(16-24(2,3)4)22(17-27(23)11)26(8,9)10/h12-15,17H,16H2,1-11H3/q+1. The summed E-state index contributed by atoms with van der Waals surface area (Å²) in [5, 5.41) is 0. The predicted molar refractivity (Wildman–Crippen MR) is 118 cm³/mol. The van der Waals surface area contributed by atoms with E-state index < -0.39 is 0 Å². The first-order valence-corrected chi connectivity index (χ1v) is 10.2. The second-order valence-corrected chi connectivity index (χ2v) is 11.5. The van der Waals surface area contributed by atoms with Crippen LogP contribution in [0.2, 0.25) is 0 Å². The summed E-state index contributed by atoms with van der Waals surface area (Å²) in [6.45, 7) is 23.0. The first-order valence-electron chi connectivity index (χ1n) is 10.2. The molecule has 0 saturated carbocycles. The van der Waals surface area contributed by atoms with Crippen molar-refractivity contribution in [2.75, 3.05) is 0 Å². The Kier molecular flexibility index (Phi) is 5.68. The van der Waals surface area contributed by atoms with Crippen LogP contribution in [0.5, 0.6) is 0 Å². The Hall–Kier alpha value is -1.63. The smallest absolute Gasteiger partial charge is 0.201 e. The molecule has 0 fully saturated rings. The summed E-state index contributed by atoms with van der Waals surface area (Å²) in [6.07, 6.45) is 3.45. The van der Waals surface area contributed by atoms with E-state index >= 15 is 0 Å². The fraction of sp³-hybridized carbons (Fsp3) is 0.577. The number of aryl methyl sites for hydroxylation is 2. The van der Waals surface area contributed by atoms with Crippen LogP contribution in [-0.4, -0.2) is 0 Å². The van der Waals surface area contributed by atoms with Crippen LogP contribution < -0.4 is 4.57 Å². The molecule has 0 atom stereocenters. The van der Waals surface area contributed by atoms with Gasteiger partial charge in [0, 0.05) is 17.2 Å². The van der Waals surface area contributed by atoms with Crippen molar-refractivity contribution < 1.29 is 4.57 Å². The van der Waals surface area contributed by atoms with Gasteiger partial charge in [-0.15, -0.1) is 0 Å². The van der Waals surface area contributed by atoms with Gasteiger partial charge >= 0.3 is 0 Å². The summed E-state index contributed by atoms with van der Waals surface area (Å²) >= 11 is 0. The van der Waals surface area contributed by atoms with Gasteiger partial charge in [0.2, 0.25) is 5.69 Å². The zero-order chi connectivity index (χ0) is 20.8. The highest BCUT2D eigenvalue weighted by molar-refractivity contribution is 5.63. The Labute approximate surface area is 167 Å². The molecule has 0 saturated heterocycles. The summed E-state index contributed by atoms with van der Waals surface area (Å²) in [4.78, 5) is 0. The number of hydrogen-bond donors (Lipinski definition) is 0. The van der Waals surface area contributed by atoms with Crippen LogP contribution >= 0.6 is 0 Å². The summed E-state index contributed by atoms with van der Waals surface area (Å²) < 4.78 is 2.32. The molecule has 0 aliphatic carbocycles. The van der Waals surface area contributed by atoms with Gasteiger partial charge < -0.3 is 0 Å². The summed E-state index contributed by atoms with van der Waals surface area (Å²) in [6, 6.07) is 9.39. The number of nitrogens with zero attached hydrogens (tertiary/aromatic N) is 1. The van der Waals surface area contributed by atoms with Gasteiger partial charge in [-0.05, 0) is 52.3 Å². The topological polar surface area (TPSA) is 3.88 Å². The van der Waals surface area contributed by atoms with Crippen LogP contribution in [0.1, 0.15) is 84.6 Å². The van der Waals surface area contributed by atoms with E-state index in [1.807, 2.05) is 0 Å². The van der Waals surface area contributed by atoms with Gasteiger partial charge in [-0.1, -0.05) is 74.4 Å². The number of pyridine rings is 1. The summed E-state index contributed by atoms with van der Waals surface area (Å²) in [5.41, 5.74) is 8.87. The van der Waals surface area contributed by atoms with Gasteiger partial charge in [0.25, 0.3) is 0 Å². The molecule has 0 radical (unpaired) electrons. The van der Waals surface area contributed by atoms with Crippen molar-refractivity contribution in [3.8, 4) is 11.3 Å². The fourth-order valence-electron chi connectivity index (χ4n) is 3.72. The Morgan fingerprint density at radius 3 is 1.89 bits per heavy atom. The third-order valence-electron chi connectivity index (χ3n) is 5.27. The maximum atomic E-state index is 2.45.